The fourth-order valence-electron chi connectivity index (χ4n) is 1.29. The highest BCUT2D eigenvalue weighted by Crippen LogP contribution is 2.19. The van der Waals surface area contributed by atoms with E-state index in [-0.39, 0.29) is 16.7 Å². The molecule has 1 heterocycles. The molecule has 1 aromatic carbocycles. The van der Waals surface area contributed by atoms with Crippen LogP contribution >= 0.6 is 0 Å². The Balaban J connectivity index is 3.09. The molecule has 76 valence electrons. The lowest BCUT2D eigenvalue weighted by molar-refractivity contribution is 0.481. The normalized spacial score (nSPS) is 10.5. The van der Waals surface area contributed by atoms with Gasteiger partial charge in [0.1, 0.15) is 11.6 Å². The van der Waals surface area contributed by atoms with E-state index in [2.05, 4.69) is 4.98 Å². The van der Waals surface area contributed by atoms with Crippen molar-refractivity contribution in [2.24, 2.45) is 0 Å². The molecule has 0 amide bonds. The molecule has 2 N–H and O–H groups in total. The minimum atomic E-state index is -0.897. The van der Waals surface area contributed by atoms with Gasteiger partial charge in [-0.15, -0.1) is 0 Å². The monoisotopic (exact) mass is 207 g/mol. The summed E-state index contributed by atoms with van der Waals surface area (Å²) < 4.78 is 12.8. The summed E-state index contributed by atoms with van der Waals surface area (Å²) in [5, 5.41) is 9.66. The second kappa shape index (κ2) is 3.20. The highest BCUT2D eigenvalue weighted by atomic mass is 19.1. The zero-order valence-electron chi connectivity index (χ0n) is 7.45. The van der Waals surface area contributed by atoms with Crippen LogP contribution in [-0.2, 0) is 0 Å². The van der Waals surface area contributed by atoms with Gasteiger partial charge in [-0.1, -0.05) is 0 Å². The maximum atomic E-state index is 12.8. The van der Waals surface area contributed by atoms with E-state index in [0.717, 1.165) is 18.2 Å². The van der Waals surface area contributed by atoms with Gasteiger partial charge in [0.2, 0.25) is 5.43 Å². The predicted molar refractivity (Wildman–Crippen MR) is 52.5 cm³/mol. The molecular formula is C10H6FNO3. The minimum Gasteiger partial charge on any atom is -0.507 e. The third kappa shape index (κ3) is 1.59. The lowest BCUT2D eigenvalue weighted by Gasteiger charge is -1.94. The van der Waals surface area contributed by atoms with Crippen LogP contribution in [0.1, 0.15) is 0 Å². The van der Waals surface area contributed by atoms with Crippen LogP contribution in [0.3, 0.4) is 0 Å². The molecule has 0 radical (unpaired) electrons. The number of halogens is 1. The summed E-state index contributed by atoms with van der Waals surface area (Å²) in [7, 11) is 0. The first-order valence-corrected chi connectivity index (χ1v) is 4.14. The Morgan fingerprint density at radius 2 is 1.93 bits per heavy atom. The van der Waals surface area contributed by atoms with E-state index in [9.17, 15) is 19.1 Å². The summed E-state index contributed by atoms with van der Waals surface area (Å²) in [6, 6.07) is 4.26. The summed E-state index contributed by atoms with van der Waals surface area (Å²) in [4.78, 5) is 24.3. The minimum absolute atomic E-state index is 0.0830. The van der Waals surface area contributed by atoms with Crippen LogP contribution in [0.2, 0.25) is 0 Å². The Morgan fingerprint density at radius 1 is 1.20 bits per heavy atom. The number of aromatic amines is 1. The fraction of sp³-hybridized carbons (Fsp3) is 0. The zero-order valence-corrected chi connectivity index (χ0v) is 7.45. The van der Waals surface area contributed by atoms with Gasteiger partial charge < -0.3 is 10.1 Å². The average molecular weight is 207 g/mol. The third-order valence-electron chi connectivity index (χ3n) is 2.00. The van der Waals surface area contributed by atoms with Gasteiger partial charge in [-0.05, 0) is 18.2 Å². The van der Waals surface area contributed by atoms with E-state index < -0.39 is 16.8 Å². The fourth-order valence-corrected chi connectivity index (χ4v) is 1.29. The molecule has 0 atom stereocenters. The number of hydrogen-bond donors (Lipinski definition) is 2. The van der Waals surface area contributed by atoms with Crippen molar-refractivity contribution in [2.75, 3.05) is 0 Å². The predicted octanol–water partition coefficient (Wildman–Crippen LogP) is 0.733. The Bertz CT molecular complexity index is 648. The number of rotatable bonds is 0. The first-order valence-electron chi connectivity index (χ1n) is 4.14. The molecule has 0 saturated carbocycles. The molecule has 1 aromatic heterocycles. The standard InChI is InChI=1S/C10H6FNO3/c11-5-1-2-6-7(3-5)12-10(15)9(14)4-8(6)13/h1-4,13H,(H,12,14,15). The lowest BCUT2D eigenvalue weighted by Crippen LogP contribution is -2.22. The van der Waals surface area contributed by atoms with E-state index in [0.29, 0.717) is 0 Å². The molecule has 0 aliphatic heterocycles. The van der Waals surface area contributed by atoms with Crippen LogP contribution in [0.4, 0.5) is 4.39 Å². The number of hydrogen-bond acceptors (Lipinski definition) is 3. The molecule has 0 bridgehead atoms. The Hall–Kier alpha value is -2.17. The summed E-state index contributed by atoms with van der Waals surface area (Å²) in [6.07, 6.45) is 0. The van der Waals surface area contributed by atoms with Crippen molar-refractivity contribution in [1.82, 2.24) is 4.98 Å². The molecule has 2 rings (SSSR count). The van der Waals surface area contributed by atoms with Crippen molar-refractivity contribution in [3.8, 4) is 5.75 Å². The average Bonchev–Trinajstić information content (AvgIpc) is 2.25. The zero-order chi connectivity index (χ0) is 11.0. The van der Waals surface area contributed by atoms with Gasteiger partial charge in [0, 0.05) is 11.5 Å². The van der Waals surface area contributed by atoms with Crippen molar-refractivity contribution in [1.29, 1.82) is 0 Å². The van der Waals surface area contributed by atoms with Gasteiger partial charge in [0.25, 0.3) is 5.56 Å². The summed E-state index contributed by atoms with van der Waals surface area (Å²) in [5.41, 5.74) is -1.69. The number of benzene rings is 1. The van der Waals surface area contributed by atoms with Crippen molar-refractivity contribution in [3.05, 3.63) is 50.7 Å². The highest BCUT2D eigenvalue weighted by molar-refractivity contribution is 5.83. The molecule has 15 heavy (non-hydrogen) atoms. The van der Waals surface area contributed by atoms with Crippen LogP contribution in [0, 0.1) is 5.82 Å². The lowest BCUT2D eigenvalue weighted by atomic mass is 10.2. The van der Waals surface area contributed by atoms with Gasteiger partial charge >= 0.3 is 0 Å². The molecule has 0 aliphatic rings. The van der Waals surface area contributed by atoms with Gasteiger partial charge in [0.05, 0.1) is 5.52 Å². The molecule has 0 aliphatic carbocycles. The number of aromatic hydroxyl groups is 1. The van der Waals surface area contributed by atoms with Crippen molar-refractivity contribution in [2.45, 2.75) is 0 Å². The topological polar surface area (TPSA) is 70.2 Å². The smallest absolute Gasteiger partial charge is 0.296 e. The quantitative estimate of drug-likeness (QED) is 0.626. The van der Waals surface area contributed by atoms with E-state index in [1.165, 1.54) is 6.07 Å². The molecule has 2 aromatic rings. The van der Waals surface area contributed by atoms with Crippen LogP contribution in [0.25, 0.3) is 10.9 Å². The second-order valence-corrected chi connectivity index (χ2v) is 3.04. The number of fused-ring (bicyclic) bond motifs is 1. The Kier molecular flexibility index (Phi) is 2.00. The molecule has 0 unspecified atom stereocenters. The molecule has 0 fully saturated rings. The maximum Gasteiger partial charge on any atom is 0.296 e. The van der Waals surface area contributed by atoms with Crippen molar-refractivity contribution >= 4 is 10.9 Å². The number of nitrogens with one attached hydrogen (secondary N) is 1. The summed E-state index contributed by atoms with van der Waals surface area (Å²) in [5.74, 6) is -0.912. The van der Waals surface area contributed by atoms with E-state index in [1.807, 2.05) is 0 Å². The summed E-state index contributed by atoms with van der Waals surface area (Å²) >= 11 is 0. The van der Waals surface area contributed by atoms with Crippen molar-refractivity contribution in [3.63, 3.8) is 0 Å². The van der Waals surface area contributed by atoms with E-state index >= 15 is 0 Å². The van der Waals surface area contributed by atoms with Gasteiger partial charge in [-0.2, -0.15) is 0 Å². The molecule has 5 heteroatoms. The van der Waals surface area contributed by atoms with Crippen LogP contribution in [-0.4, -0.2) is 10.1 Å². The Morgan fingerprint density at radius 3 is 2.67 bits per heavy atom. The highest BCUT2D eigenvalue weighted by Gasteiger charge is 2.03. The number of aromatic nitrogens is 1. The van der Waals surface area contributed by atoms with E-state index in [1.54, 1.807) is 0 Å². The SMILES string of the molecule is O=c1cc(O)c2ccc(F)cc2[nH]c1=O. The molecular weight excluding hydrogens is 201 g/mol. The summed E-state index contributed by atoms with van der Waals surface area (Å²) in [6.45, 7) is 0. The van der Waals surface area contributed by atoms with Gasteiger partial charge in [-0.3, -0.25) is 9.59 Å². The largest absolute Gasteiger partial charge is 0.507 e. The van der Waals surface area contributed by atoms with Crippen molar-refractivity contribution < 1.29 is 9.50 Å². The van der Waals surface area contributed by atoms with Crippen LogP contribution in [0.5, 0.6) is 5.75 Å². The van der Waals surface area contributed by atoms with E-state index in [4.69, 9.17) is 0 Å². The Labute approximate surface area is 82.6 Å². The van der Waals surface area contributed by atoms with Gasteiger partial charge in [-0.25, -0.2) is 4.39 Å². The molecule has 0 saturated heterocycles. The number of H-pyrrole nitrogens is 1. The first-order chi connectivity index (χ1) is 7.08. The van der Waals surface area contributed by atoms with Gasteiger partial charge in [0.15, 0.2) is 0 Å². The van der Waals surface area contributed by atoms with Crippen LogP contribution in [0.15, 0.2) is 33.9 Å². The second-order valence-electron chi connectivity index (χ2n) is 3.04. The molecule has 0 spiro atoms. The maximum absolute atomic E-state index is 12.8. The van der Waals surface area contributed by atoms with Crippen LogP contribution < -0.4 is 11.0 Å². The first kappa shape index (κ1) is 9.39. The molecule has 4 nitrogen and oxygen atoms in total. The third-order valence-corrected chi connectivity index (χ3v) is 2.00.